The molecule has 0 unspecified atom stereocenters. The van der Waals surface area contributed by atoms with E-state index in [0.717, 1.165) is 17.0 Å². The zero-order valence-electron chi connectivity index (χ0n) is 15.3. The van der Waals surface area contributed by atoms with Crippen LogP contribution in [0.1, 0.15) is 27.4 Å². The summed E-state index contributed by atoms with van der Waals surface area (Å²) in [6.07, 6.45) is 1.72. The number of pyridine rings is 1. The topological polar surface area (TPSA) is 69.5 Å². The van der Waals surface area contributed by atoms with Crippen molar-refractivity contribution in [1.82, 2.24) is 19.7 Å². The number of aromatic nitrogens is 3. The third kappa shape index (κ3) is 3.48. The van der Waals surface area contributed by atoms with E-state index < -0.39 is 0 Å². The lowest BCUT2D eigenvalue weighted by atomic mass is 10.1. The molecule has 0 fully saturated rings. The molecule has 0 saturated carbocycles. The Hall–Kier alpha value is -3.35. The monoisotopic (exact) mass is 364 g/mol. The van der Waals surface area contributed by atoms with Crippen LogP contribution in [0.5, 0.6) is 11.5 Å². The van der Waals surface area contributed by atoms with Gasteiger partial charge in [-0.15, -0.1) is 0 Å². The molecule has 0 N–H and O–H groups in total. The van der Waals surface area contributed by atoms with Crippen LogP contribution < -0.4 is 9.47 Å². The Morgan fingerprint density at radius 3 is 2.81 bits per heavy atom. The van der Waals surface area contributed by atoms with Crippen molar-refractivity contribution in [3.05, 3.63) is 71.3 Å². The minimum absolute atomic E-state index is 0.152. The lowest BCUT2D eigenvalue weighted by Gasteiger charge is -2.22. The number of fused-ring (bicyclic) bond motifs is 1. The van der Waals surface area contributed by atoms with Crippen molar-refractivity contribution in [2.45, 2.75) is 20.0 Å². The maximum atomic E-state index is 13.2. The summed E-state index contributed by atoms with van der Waals surface area (Å²) in [5.41, 5.74) is 3.04. The van der Waals surface area contributed by atoms with Gasteiger partial charge in [0, 0.05) is 24.5 Å². The zero-order chi connectivity index (χ0) is 18.8. The highest BCUT2D eigenvalue weighted by molar-refractivity contribution is 5.92. The van der Waals surface area contributed by atoms with Gasteiger partial charge in [0.25, 0.3) is 5.91 Å². The lowest BCUT2D eigenvalue weighted by molar-refractivity contribution is 0.0719. The molecule has 3 aromatic rings. The molecule has 1 aliphatic rings. The Labute approximate surface area is 157 Å². The number of carbonyl (C=O) groups is 1. The average Bonchev–Trinajstić information content (AvgIpc) is 3.29. The molecule has 3 heterocycles. The maximum absolute atomic E-state index is 13.2. The molecule has 0 spiro atoms. The highest BCUT2D eigenvalue weighted by atomic mass is 16.7. The summed E-state index contributed by atoms with van der Waals surface area (Å²) < 4.78 is 12.7. The van der Waals surface area contributed by atoms with Gasteiger partial charge in [0.2, 0.25) is 6.79 Å². The predicted octanol–water partition coefficient (Wildman–Crippen LogP) is 2.69. The molecule has 0 atom stereocenters. The summed E-state index contributed by atoms with van der Waals surface area (Å²) >= 11 is 0. The molecular formula is C20H20N4O3. The van der Waals surface area contributed by atoms with Gasteiger partial charge in [-0.25, -0.2) is 0 Å². The third-order valence-electron chi connectivity index (χ3n) is 4.54. The first-order valence-corrected chi connectivity index (χ1v) is 8.69. The fourth-order valence-electron chi connectivity index (χ4n) is 3.03. The number of nitrogens with zero attached hydrogens (tertiary/aromatic N) is 4. The number of carbonyl (C=O) groups excluding carboxylic acids is 1. The summed E-state index contributed by atoms with van der Waals surface area (Å²) in [7, 11) is 1.82. The highest BCUT2D eigenvalue weighted by Crippen LogP contribution is 2.36. The summed E-state index contributed by atoms with van der Waals surface area (Å²) in [6.45, 7) is 2.86. The molecule has 138 valence electrons. The summed E-state index contributed by atoms with van der Waals surface area (Å²) in [5.74, 6) is 1.24. The van der Waals surface area contributed by atoms with Crippen molar-refractivity contribution in [3.8, 4) is 11.5 Å². The Kier molecular flexibility index (Phi) is 4.50. The summed E-state index contributed by atoms with van der Waals surface area (Å²) in [5, 5.41) is 4.34. The van der Waals surface area contributed by atoms with E-state index in [1.54, 1.807) is 21.8 Å². The van der Waals surface area contributed by atoms with Crippen LogP contribution in [0.3, 0.4) is 0 Å². The molecular weight excluding hydrogens is 344 g/mol. The van der Waals surface area contributed by atoms with Crippen molar-refractivity contribution in [3.63, 3.8) is 0 Å². The van der Waals surface area contributed by atoms with E-state index in [0.29, 0.717) is 30.3 Å². The minimum Gasteiger partial charge on any atom is -0.454 e. The molecule has 2 aromatic heterocycles. The van der Waals surface area contributed by atoms with E-state index in [4.69, 9.17) is 9.47 Å². The average molecular weight is 364 g/mol. The maximum Gasteiger partial charge on any atom is 0.275 e. The molecule has 4 rings (SSSR count). The normalized spacial score (nSPS) is 12.2. The second-order valence-corrected chi connectivity index (χ2v) is 6.43. The number of para-hydroxylation sites is 1. The van der Waals surface area contributed by atoms with Crippen LogP contribution >= 0.6 is 0 Å². The fourth-order valence-corrected chi connectivity index (χ4v) is 3.03. The fraction of sp³-hybridized carbons (Fsp3) is 0.250. The molecule has 0 aliphatic carbocycles. The van der Waals surface area contributed by atoms with Crippen LogP contribution in [0.4, 0.5) is 0 Å². The van der Waals surface area contributed by atoms with Gasteiger partial charge in [-0.05, 0) is 31.2 Å². The first kappa shape index (κ1) is 17.1. The Balaban J connectivity index is 1.65. The first-order valence-electron chi connectivity index (χ1n) is 8.69. The van der Waals surface area contributed by atoms with E-state index in [1.165, 1.54) is 0 Å². The van der Waals surface area contributed by atoms with E-state index in [9.17, 15) is 4.79 Å². The predicted molar refractivity (Wildman–Crippen MR) is 98.3 cm³/mol. The van der Waals surface area contributed by atoms with E-state index >= 15 is 0 Å². The quantitative estimate of drug-likeness (QED) is 0.696. The van der Waals surface area contributed by atoms with Crippen LogP contribution in [0.2, 0.25) is 0 Å². The van der Waals surface area contributed by atoms with Crippen LogP contribution in [-0.4, -0.2) is 32.4 Å². The van der Waals surface area contributed by atoms with Crippen molar-refractivity contribution in [1.29, 1.82) is 0 Å². The number of amides is 1. The molecule has 7 nitrogen and oxygen atoms in total. The van der Waals surface area contributed by atoms with Gasteiger partial charge in [0.05, 0.1) is 18.8 Å². The smallest absolute Gasteiger partial charge is 0.275 e. The van der Waals surface area contributed by atoms with Crippen molar-refractivity contribution in [2.75, 3.05) is 6.79 Å². The van der Waals surface area contributed by atoms with Crippen LogP contribution in [0, 0.1) is 6.92 Å². The van der Waals surface area contributed by atoms with E-state index in [2.05, 4.69) is 10.1 Å². The van der Waals surface area contributed by atoms with Gasteiger partial charge in [0.1, 0.15) is 0 Å². The Bertz CT molecular complexity index is 949. The Morgan fingerprint density at radius 2 is 2.07 bits per heavy atom. The van der Waals surface area contributed by atoms with Gasteiger partial charge in [-0.1, -0.05) is 18.2 Å². The van der Waals surface area contributed by atoms with Crippen LogP contribution in [0.15, 0.2) is 48.7 Å². The highest BCUT2D eigenvalue weighted by Gasteiger charge is 2.24. The molecule has 0 saturated heterocycles. The summed E-state index contributed by atoms with van der Waals surface area (Å²) in [6, 6.07) is 13.2. The largest absolute Gasteiger partial charge is 0.454 e. The second-order valence-electron chi connectivity index (χ2n) is 6.43. The molecule has 27 heavy (non-hydrogen) atoms. The number of ether oxygens (including phenoxy) is 2. The summed E-state index contributed by atoms with van der Waals surface area (Å²) in [4.78, 5) is 19.2. The van der Waals surface area contributed by atoms with Gasteiger partial charge < -0.3 is 14.4 Å². The van der Waals surface area contributed by atoms with E-state index in [-0.39, 0.29) is 12.7 Å². The minimum atomic E-state index is -0.152. The van der Waals surface area contributed by atoms with Crippen LogP contribution in [0.25, 0.3) is 0 Å². The number of hydrogen-bond donors (Lipinski definition) is 0. The molecule has 7 heteroatoms. The van der Waals surface area contributed by atoms with Crippen molar-refractivity contribution < 1.29 is 14.3 Å². The SMILES string of the molecule is Cc1cc(C(=O)N(Cc2ccccn2)Cc2cccc3c2OCO3)nn1C. The van der Waals surface area contributed by atoms with Gasteiger partial charge in [-0.2, -0.15) is 5.10 Å². The van der Waals surface area contributed by atoms with Crippen LogP contribution in [-0.2, 0) is 20.1 Å². The number of aryl methyl sites for hydroxylation is 2. The molecule has 1 aliphatic heterocycles. The lowest BCUT2D eigenvalue weighted by Crippen LogP contribution is -2.31. The van der Waals surface area contributed by atoms with Gasteiger partial charge in [-0.3, -0.25) is 14.5 Å². The van der Waals surface area contributed by atoms with Crippen molar-refractivity contribution >= 4 is 5.91 Å². The van der Waals surface area contributed by atoms with E-state index in [1.807, 2.05) is 50.4 Å². The number of hydrogen-bond acceptors (Lipinski definition) is 5. The third-order valence-corrected chi connectivity index (χ3v) is 4.54. The molecule has 0 bridgehead atoms. The molecule has 1 amide bonds. The molecule has 0 radical (unpaired) electrons. The van der Waals surface area contributed by atoms with Crippen molar-refractivity contribution in [2.24, 2.45) is 7.05 Å². The zero-order valence-corrected chi connectivity index (χ0v) is 15.3. The molecule has 1 aromatic carbocycles. The number of benzene rings is 1. The standard InChI is InChI=1S/C20H20N4O3/c1-14-10-17(22-23(14)2)20(25)24(12-16-7-3-4-9-21-16)11-15-6-5-8-18-19(15)27-13-26-18/h3-10H,11-13H2,1-2H3. The van der Waals surface area contributed by atoms with Gasteiger partial charge >= 0.3 is 0 Å². The first-order chi connectivity index (χ1) is 13.1. The second kappa shape index (κ2) is 7.11. The Morgan fingerprint density at radius 1 is 1.19 bits per heavy atom. The van der Waals surface area contributed by atoms with Gasteiger partial charge in [0.15, 0.2) is 17.2 Å². The number of rotatable bonds is 5.